The van der Waals surface area contributed by atoms with Crippen molar-refractivity contribution in [3.63, 3.8) is 0 Å². The van der Waals surface area contributed by atoms with Gasteiger partial charge in [0.1, 0.15) is 23.0 Å². The minimum absolute atomic E-state index is 0.0356. The fourth-order valence-corrected chi connectivity index (χ4v) is 3.43. The number of aromatic hydroxyl groups is 4. The number of nitrogens with zero attached hydrogens (tertiary/aromatic N) is 1. The van der Waals surface area contributed by atoms with E-state index in [0.29, 0.717) is 32.9 Å². The first-order valence-corrected chi connectivity index (χ1v) is 8.29. The number of aryl methyl sites for hydroxylation is 1. The van der Waals surface area contributed by atoms with E-state index in [0.717, 1.165) is 11.3 Å². The van der Waals surface area contributed by atoms with Crippen LogP contribution in [-0.4, -0.2) is 25.0 Å². The quantitative estimate of drug-likeness (QED) is 0.407. The molecule has 1 aromatic heterocycles. The van der Waals surface area contributed by atoms with Gasteiger partial charge in [0.05, 0.1) is 21.8 Å². The SMILES string of the molecule is Cc1ccc(-n2c3cc(O)c(C)c(O)c3c3c(O)c(C)c(O)cc32)cc1. The molecule has 0 aliphatic carbocycles. The standard InChI is InChI=1S/C21H19NO4/c1-10-4-6-13(7-5-10)22-14-8-16(23)11(2)20(25)18(14)19-15(22)9-17(24)12(3)21(19)26/h4-9,23-26H,1-3H3. The Kier molecular flexibility index (Phi) is 3.31. The molecule has 0 fully saturated rings. The summed E-state index contributed by atoms with van der Waals surface area (Å²) < 4.78 is 1.81. The summed E-state index contributed by atoms with van der Waals surface area (Å²) in [4.78, 5) is 0. The van der Waals surface area contributed by atoms with Crippen molar-refractivity contribution in [2.75, 3.05) is 0 Å². The zero-order valence-corrected chi connectivity index (χ0v) is 14.7. The summed E-state index contributed by atoms with van der Waals surface area (Å²) in [5, 5.41) is 42.7. The molecule has 0 saturated carbocycles. The van der Waals surface area contributed by atoms with Gasteiger partial charge >= 0.3 is 0 Å². The Bertz CT molecular complexity index is 1120. The highest BCUT2D eigenvalue weighted by Gasteiger charge is 2.23. The highest BCUT2D eigenvalue weighted by atomic mass is 16.3. The molecule has 26 heavy (non-hydrogen) atoms. The van der Waals surface area contributed by atoms with E-state index in [1.807, 2.05) is 35.8 Å². The maximum Gasteiger partial charge on any atom is 0.132 e. The molecular formula is C21H19NO4. The number of aromatic nitrogens is 1. The van der Waals surface area contributed by atoms with Crippen LogP contribution < -0.4 is 0 Å². The van der Waals surface area contributed by atoms with Gasteiger partial charge in [0.25, 0.3) is 0 Å². The first-order valence-electron chi connectivity index (χ1n) is 8.29. The van der Waals surface area contributed by atoms with Crippen LogP contribution in [0, 0.1) is 20.8 Å². The first-order chi connectivity index (χ1) is 12.3. The smallest absolute Gasteiger partial charge is 0.132 e. The average molecular weight is 349 g/mol. The lowest BCUT2D eigenvalue weighted by molar-refractivity contribution is 0.445. The van der Waals surface area contributed by atoms with E-state index in [1.54, 1.807) is 26.0 Å². The van der Waals surface area contributed by atoms with Gasteiger partial charge in [-0.2, -0.15) is 0 Å². The van der Waals surface area contributed by atoms with Crippen molar-refractivity contribution in [1.29, 1.82) is 0 Å². The summed E-state index contributed by atoms with van der Waals surface area (Å²) in [5.41, 5.74) is 3.66. The molecule has 1 heterocycles. The molecule has 4 aromatic rings. The van der Waals surface area contributed by atoms with Crippen molar-refractivity contribution in [3.8, 4) is 28.7 Å². The Morgan fingerprint density at radius 1 is 0.654 bits per heavy atom. The van der Waals surface area contributed by atoms with Crippen molar-refractivity contribution in [1.82, 2.24) is 4.57 Å². The summed E-state index contributed by atoms with van der Waals surface area (Å²) in [6.07, 6.45) is 0. The number of hydrogen-bond donors (Lipinski definition) is 4. The van der Waals surface area contributed by atoms with Crippen molar-refractivity contribution in [2.45, 2.75) is 20.8 Å². The number of hydrogen-bond acceptors (Lipinski definition) is 4. The molecule has 0 atom stereocenters. The van der Waals surface area contributed by atoms with E-state index in [9.17, 15) is 20.4 Å². The lowest BCUT2D eigenvalue weighted by Crippen LogP contribution is -1.94. The van der Waals surface area contributed by atoms with E-state index >= 15 is 0 Å². The van der Waals surface area contributed by atoms with Gasteiger partial charge in [-0.05, 0) is 32.9 Å². The first kappa shape index (κ1) is 16.1. The molecule has 0 aliphatic heterocycles. The van der Waals surface area contributed by atoms with Crippen LogP contribution in [0.15, 0.2) is 36.4 Å². The molecule has 4 N–H and O–H groups in total. The van der Waals surface area contributed by atoms with Crippen LogP contribution in [-0.2, 0) is 0 Å². The van der Waals surface area contributed by atoms with Crippen molar-refractivity contribution < 1.29 is 20.4 Å². The highest BCUT2D eigenvalue weighted by molar-refractivity contribution is 6.16. The molecule has 0 aliphatic rings. The Morgan fingerprint density at radius 3 is 1.50 bits per heavy atom. The predicted molar refractivity (Wildman–Crippen MR) is 102 cm³/mol. The molecule has 0 spiro atoms. The molecule has 0 bridgehead atoms. The summed E-state index contributed by atoms with van der Waals surface area (Å²) in [6.45, 7) is 5.21. The van der Waals surface area contributed by atoms with Gasteiger partial charge in [0, 0.05) is 28.9 Å². The maximum atomic E-state index is 10.7. The zero-order chi connectivity index (χ0) is 18.7. The summed E-state index contributed by atoms with van der Waals surface area (Å²) in [7, 11) is 0. The van der Waals surface area contributed by atoms with Gasteiger partial charge in [-0.25, -0.2) is 0 Å². The van der Waals surface area contributed by atoms with E-state index in [1.165, 1.54) is 0 Å². The third kappa shape index (κ3) is 2.03. The number of fused-ring (bicyclic) bond motifs is 3. The van der Waals surface area contributed by atoms with Crippen molar-refractivity contribution >= 4 is 21.8 Å². The lowest BCUT2D eigenvalue weighted by Gasteiger charge is -2.10. The molecule has 4 rings (SSSR count). The molecule has 3 aromatic carbocycles. The number of phenols is 4. The molecule has 5 heteroatoms. The third-order valence-electron chi connectivity index (χ3n) is 5.04. The normalized spacial score (nSPS) is 11.5. The minimum atomic E-state index is -0.0868. The van der Waals surface area contributed by atoms with E-state index in [2.05, 4.69) is 0 Å². The van der Waals surface area contributed by atoms with Crippen LogP contribution in [0.4, 0.5) is 0 Å². The van der Waals surface area contributed by atoms with Gasteiger partial charge in [-0.3, -0.25) is 0 Å². The van der Waals surface area contributed by atoms with Crippen LogP contribution in [0.3, 0.4) is 0 Å². The molecule has 132 valence electrons. The van der Waals surface area contributed by atoms with Gasteiger partial charge in [-0.1, -0.05) is 17.7 Å². The topological polar surface area (TPSA) is 85.9 Å². The fourth-order valence-electron chi connectivity index (χ4n) is 3.43. The fraction of sp³-hybridized carbons (Fsp3) is 0.143. The molecule has 0 saturated heterocycles. The largest absolute Gasteiger partial charge is 0.507 e. The summed E-state index contributed by atoms with van der Waals surface area (Å²) in [6, 6.07) is 10.9. The monoisotopic (exact) mass is 349 g/mol. The zero-order valence-electron chi connectivity index (χ0n) is 14.7. The Morgan fingerprint density at radius 2 is 1.08 bits per heavy atom. The van der Waals surface area contributed by atoms with E-state index < -0.39 is 0 Å². The molecule has 0 radical (unpaired) electrons. The molecule has 5 nitrogen and oxygen atoms in total. The number of rotatable bonds is 1. The Labute approximate surface area is 150 Å². The summed E-state index contributed by atoms with van der Waals surface area (Å²) >= 11 is 0. The van der Waals surface area contributed by atoms with Crippen LogP contribution in [0.5, 0.6) is 23.0 Å². The van der Waals surface area contributed by atoms with Crippen LogP contribution >= 0.6 is 0 Å². The van der Waals surface area contributed by atoms with Crippen molar-refractivity contribution in [3.05, 3.63) is 53.1 Å². The molecule has 0 amide bonds. The van der Waals surface area contributed by atoms with Crippen LogP contribution in [0.25, 0.3) is 27.5 Å². The van der Waals surface area contributed by atoms with Crippen molar-refractivity contribution in [2.24, 2.45) is 0 Å². The Hall–Kier alpha value is -3.34. The molecule has 0 unspecified atom stereocenters. The second kappa shape index (κ2) is 5.33. The van der Waals surface area contributed by atoms with Crippen LogP contribution in [0.2, 0.25) is 0 Å². The summed E-state index contributed by atoms with van der Waals surface area (Å²) in [5.74, 6) is -0.245. The van der Waals surface area contributed by atoms with E-state index in [4.69, 9.17) is 0 Å². The Balaban J connectivity index is 2.31. The van der Waals surface area contributed by atoms with Gasteiger partial charge in [0.15, 0.2) is 0 Å². The maximum absolute atomic E-state index is 10.7. The number of benzene rings is 3. The predicted octanol–water partition coefficient (Wildman–Crippen LogP) is 4.53. The minimum Gasteiger partial charge on any atom is -0.507 e. The van der Waals surface area contributed by atoms with Crippen LogP contribution in [0.1, 0.15) is 16.7 Å². The molecular weight excluding hydrogens is 330 g/mol. The second-order valence-electron chi connectivity index (χ2n) is 6.70. The average Bonchev–Trinajstić information content (AvgIpc) is 2.92. The second-order valence-corrected chi connectivity index (χ2v) is 6.70. The van der Waals surface area contributed by atoms with E-state index in [-0.39, 0.29) is 23.0 Å². The third-order valence-corrected chi connectivity index (χ3v) is 5.04. The van der Waals surface area contributed by atoms with Gasteiger partial charge in [-0.15, -0.1) is 0 Å². The van der Waals surface area contributed by atoms with Gasteiger partial charge < -0.3 is 25.0 Å². The highest BCUT2D eigenvalue weighted by Crippen LogP contribution is 2.47. The van der Waals surface area contributed by atoms with Gasteiger partial charge in [0.2, 0.25) is 0 Å². The number of phenolic OH excluding ortho intramolecular Hbond substituents is 4. The lowest BCUT2D eigenvalue weighted by atomic mass is 10.0.